The molecular formula is C24H31F2N5O2. The monoisotopic (exact) mass is 486 g/mol. The zero-order valence-corrected chi connectivity index (χ0v) is 16.1. The van der Waals surface area contributed by atoms with Crippen molar-refractivity contribution >= 4 is 5.91 Å². The average molecular weight is 487 g/mol. The van der Waals surface area contributed by atoms with Crippen molar-refractivity contribution in [2.45, 2.75) is 87.5 Å². The van der Waals surface area contributed by atoms with Gasteiger partial charge in [-0.25, -0.2) is 0 Å². The topological polar surface area (TPSA) is 73.5 Å². The maximum absolute atomic E-state index is 14.9. The summed E-state index contributed by atoms with van der Waals surface area (Å²) < 4.78 is 278. The first-order chi connectivity index (χ1) is 26.3. The summed E-state index contributed by atoms with van der Waals surface area (Å²) in [6, 6.07) is -20.4. The fourth-order valence-corrected chi connectivity index (χ4v) is 3.51. The van der Waals surface area contributed by atoms with Crippen molar-refractivity contribution in [2.75, 3.05) is 6.98 Å². The number of carbonyl (C=O) groups excluding carboxylic acids is 1. The summed E-state index contributed by atoms with van der Waals surface area (Å²) >= 11 is 0. The molecule has 0 aromatic carbocycles. The van der Waals surface area contributed by atoms with Gasteiger partial charge in [-0.3, -0.25) is 20.1 Å². The fraction of sp³-hybridized carbons (Fsp3) is 0.750. The molecule has 7 nitrogen and oxygen atoms in total. The Morgan fingerprint density at radius 3 is 3.03 bits per heavy atom. The smallest absolute Gasteiger partial charge is 0.340 e. The lowest BCUT2D eigenvalue weighted by atomic mass is 9.72. The van der Waals surface area contributed by atoms with E-state index in [0.29, 0.717) is 0 Å². The number of nitrogens with zero attached hydrogens (tertiary/aromatic N) is 3. The Morgan fingerprint density at radius 1 is 1.33 bits per heavy atom. The quantitative estimate of drug-likeness (QED) is 0.627. The second kappa shape index (κ2) is 8.33. The zero-order chi connectivity index (χ0) is 46.9. The highest BCUT2D eigenvalue weighted by Crippen LogP contribution is 2.50. The average Bonchev–Trinajstić information content (AvgIpc) is 3.69. The minimum absolute atomic E-state index is 0.314. The number of likely N-dealkylation sites (N-methyl/N-ethyl adjacent to an activating group) is 1. The second-order valence-corrected chi connectivity index (χ2v) is 6.75. The van der Waals surface area contributed by atoms with Gasteiger partial charge in [0.2, 0.25) is 5.91 Å². The molecule has 3 aliphatic heterocycles. The molecule has 1 aromatic rings. The molecule has 0 spiro atoms. The Bertz CT molecular complexity index is 2120. The molecule has 0 radical (unpaired) electrons. The summed E-state index contributed by atoms with van der Waals surface area (Å²) in [4.78, 5) is 12.5. The SMILES string of the molecule is [2H]N1C2([2H])C([2H])([2H])C([2H])([2H])C([2H])(C#Cc3cn[nH]c3)C([2H])([2H])C2([2H])N2C1([2H])[C@]1([2H])N(C([2H])([2H])[2H])C(=O)C3([2H])C([2H])([2H])C([2H])([2H])C([2H])([2H])C([2H])(OC(F)F)C3([2H])[C@@]2([2H])C1([2H])[2H]. The summed E-state index contributed by atoms with van der Waals surface area (Å²) in [6.45, 7) is -9.46. The summed E-state index contributed by atoms with van der Waals surface area (Å²) in [5, 5.41) is 4.62. The molecule has 3 saturated heterocycles. The predicted octanol–water partition coefficient (Wildman–Crippen LogP) is 2.17. The van der Waals surface area contributed by atoms with Crippen LogP contribution >= 0.6 is 0 Å². The number of aromatic amines is 1. The van der Waals surface area contributed by atoms with E-state index in [-0.39, 0.29) is 5.56 Å². The Hall–Kier alpha value is -2.02. The summed E-state index contributed by atoms with van der Waals surface area (Å²) in [6.07, 6.45) is -42.4. The Labute approximate surface area is 230 Å². The second-order valence-electron chi connectivity index (χ2n) is 6.75. The number of halogens is 2. The molecule has 1 aromatic heterocycles. The molecule has 9 atom stereocenters. The number of nitrogens with one attached hydrogen (secondary N) is 2. The Balaban J connectivity index is 1.97. The standard InChI is InChI=1S/C24H31F2N5O2/c1-30-19-10-18(21-15(23(30)32)3-2-4-20(21)33-24(25)26)31-17-9-13(5-6-14-11-27-28-12-14)7-8-16(17)29-22(19)31/h11-13,15-22,24,29H,2-4,7-10H2,1H3,(H,27,28)/t13?,15?,16?,17?,18-,19-,20?,21?,22?/m1/s1/i1D3,2D2,3D2,4D2,7D2,8D2,9D2,10D2,13D,15D,16D,17D,18D,19D,20D,21D,22D/hD. The Morgan fingerprint density at radius 2 is 2.24 bits per heavy atom. The highest BCUT2D eigenvalue weighted by atomic mass is 19.3. The molecule has 1 amide bonds. The van der Waals surface area contributed by atoms with Gasteiger partial charge in [0.15, 0.2) is 0 Å². The molecule has 33 heavy (non-hydrogen) atoms. The van der Waals surface area contributed by atoms with Gasteiger partial charge in [0.1, 0.15) is 1.41 Å². The number of carbonyl (C=O) groups is 1. The van der Waals surface area contributed by atoms with E-state index in [2.05, 4.69) is 14.9 Å². The van der Waals surface area contributed by atoms with Gasteiger partial charge in [0.25, 0.3) is 0 Å². The number of fused-ring (bicyclic) bond motifs is 9. The number of ether oxygens (including phenoxy) is 1. The van der Waals surface area contributed by atoms with Crippen molar-refractivity contribution in [1.82, 2.24) is 25.3 Å². The van der Waals surface area contributed by atoms with Gasteiger partial charge in [-0.15, -0.1) is 0 Å². The summed E-state index contributed by atoms with van der Waals surface area (Å²) in [5.74, 6) is -14.6. The molecule has 5 fully saturated rings. The number of H-pyrrole nitrogens is 1. The van der Waals surface area contributed by atoms with Crippen LogP contribution < -0.4 is 5.31 Å². The molecule has 9 heteroatoms. The van der Waals surface area contributed by atoms with Gasteiger partial charge in [-0.05, 0) is 38.2 Å². The first kappa shape index (κ1) is 7.02. The van der Waals surface area contributed by atoms with Crippen LogP contribution in [0.3, 0.4) is 0 Å². The first-order valence-corrected chi connectivity index (χ1v) is 9.22. The number of likely N-dealkylation sites (tertiary alicyclic amines) is 1. The van der Waals surface area contributed by atoms with Gasteiger partial charge in [0.05, 0.1) is 34.1 Å². The summed E-state index contributed by atoms with van der Waals surface area (Å²) in [5.41, 5.74) is -0.314. The van der Waals surface area contributed by atoms with Crippen LogP contribution in [0, 0.1) is 29.5 Å². The maximum Gasteiger partial charge on any atom is 0.345 e. The molecule has 2 saturated carbocycles. The van der Waals surface area contributed by atoms with Crippen LogP contribution in [0.25, 0.3) is 0 Å². The Kier molecular flexibility index (Phi) is 1.77. The van der Waals surface area contributed by atoms with Crippen LogP contribution in [-0.2, 0) is 9.53 Å². The number of hydrogen-bond acceptors (Lipinski definition) is 5. The molecular weight excluding hydrogens is 428 g/mol. The molecule has 178 valence electrons. The van der Waals surface area contributed by atoms with Crippen LogP contribution in [-0.4, -0.2) is 75.8 Å². The lowest BCUT2D eigenvalue weighted by Gasteiger charge is -2.46. The highest BCUT2D eigenvalue weighted by molar-refractivity contribution is 5.80. The van der Waals surface area contributed by atoms with E-state index in [1.54, 1.807) is 5.92 Å². The van der Waals surface area contributed by atoms with Crippen LogP contribution in [0.4, 0.5) is 8.78 Å². The van der Waals surface area contributed by atoms with Crippen LogP contribution in [0.2, 0.25) is 1.41 Å². The van der Waals surface area contributed by atoms with E-state index in [4.69, 9.17) is 20.6 Å². The van der Waals surface area contributed by atoms with Crippen LogP contribution in [0.15, 0.2) is 12.4 Å². The van der Waals surface area contributed by atoms with E-state index in [1.807, 2.05) is 5.92 Å². The van der Waals surface area contributed by atoms with Gasteiger partial charge >= 0.3 is 6.61 Å². The van der Waals surface area contributed by atoms with Crippen molar-refractivity contribution in [3.05, 3.63) is 18.0 Å². The molecule has 2 bridgehead atoms. The number of alkyl halides is 2. The number of hydrogen-bond donors (Lipinski definition) is 2. The third-order valence-electron chi connectivity index (χ3n) is 4.85. The minimum atomic E-state index is -5.62. The molecule has 4 heterocycles. The number of rotatable bonds is 2. The van der Waals surface area contributed by atoms with E-state index in [0.717, 1.165) is 12.4 Å². The number of aromatic nitrogens is 2. The third kappa shape index (κ3) is 3.58. The van der Waals surface area contributed by atoms with Gasteiger partial charge < -0.3 is 9.64 Å². The highest BCUT2D eigenvalue weighted by Gasteiger charge is 2.61. The van der Waals surface area contributed by atoms with E-state index < -0.39 is 133 Å². The van der Waals surface area contributed by atoms with E-state index in [9.17, 15) is 30.0 Å². The predicted molar refractivity (Wildman–Crippen MR) is 116 cm³/mol. The van der Waals surface area contributed by atoms with Crippen LogP contribution in [0.1, 0.15) is 85.8 Å². The summed E-state index contributed by atoms with van der Waals surface area (Å²) in [7, 11) is 0. The van der Waals surface area contributed by atoms with Crippen molar-refractivity contribution in [1.29, 1.82) is 0 Å². The number of amides is 1. The van der Waals surface area contributed by atoms with Crippen molar-refractivity contribution < 1.29 is 55.4 Å². The fourth-order valence-electron chi connectivity index (χ4n) is 3.51. The van der Waals surface area contributed by atoms with Crippen molar-refractivity contribution in [3.63, 3.8) is 0 Å². The van der Waals surface area contributed by atoms with Gasteiger partial charge in [-0.2, -0.15) is 13.9 Å². The maximum atomic E-state index is 14.9. The van der Waals surface area contributed by atoms with E-state index >= 15 is 0 Å². The third-order valence-corrected chi connectivity index (χ3v) is 4.85. The largest absolute Gasteiger partial charge is 0.345 e. The minimum Gasteiger partial charge on any atom is -0.340 e. The normalized spacial score (nSPS) is 86.1. The first-order valence-electron chi connectivity index (χ1n) is 22.7. The molecule has 2 aliphatic carbocycles. The van der Waals surface area contributed by atoms with Crippen LogP contribution in [0.5, 0.6) is 0 Å². The molecule has 6 rings (SSSR count). The molecule has 5 aliphatic rings. The van der Waals surface area contributed by atoms with Crippen molar-refractivity contribution in [3.8, 4) is 11.8 Å². The lowest BCUT2D eigenvalue weighted by molar-refractivity contribution is -0.199. The molecule has 2 N–H and O–H groups in total. The van der Waals surface area contributed by atoms with Gasteiger partial charge in [0, 0.05) is 80.4 Å². The van der Waals surface area contributed by atoms with Crippen molar-refractivity contribution in [2.24, 2.45) is 17.7 Å². The zero-order valence-electron chi connectivity index (χ0n) is 43.1. The van der Waals surface area contributed by atoms with E-state index in [1.165, 1.54) is 0 Å². The molecule has 7 unspecified atom stereocenters. The lowest BCUT2D eigenvalue weighted by Crippen LogP contribution is -2.58. The van der Waals surface area contributed by atoms with Gasteiger partial charge in [-0.1, -0.05) is 18.2 Å².